The van der Waals surface area contributed by atoms with Gasteiger partial charge in [-0.15, -0.1) is 0 Å². The van der Waals surface area contributed by atoms with Crippen molar-refractivity contribution in [2.24, 2.45) is 0 Å². The predicted molar refractivity (Wildman–Crippen MR) is 79.3 cm³/mol. The van der Waals surface area contributed by atoms with Gasteiger partial charge in [0.2, 0.25) is 11.9 Å². The van der Waals surface area contributed by atoms with Gasteiger partial charge in [0.25, 0.3) is 0 Å². The second kappa shape index (κ2) is 6.69. The molecule has 0 aliphatic carbocycles. The summed E-state index contributed by atoms with van der Waals surface area (Å²) in [6.45, 7) is 10.4. The molecule has 1 rings (SSSR count). The summed E-state index contributed by atoms with van der Waals surface area (Å²) in [5, 5.41) is 12.9. The normalized spacial score (nSPS) is 11.6. The van der Waals surface area contributed by atoms with Crippen molar-refractivity contribution in [3.05, 3.63) is 0 Å². The first-order chi connectivity index (χ1) is 9.21. The average molecular weight is 283 g/mol. The maximum Gasteiger partial charge on any atom is 0.323 e. The van der Waals surface area contributed by atoms with Crippen LogP contribution in [-0.2, 0) is 0 Å². The predicted octanol–water partition coefficient (Wildman–Crippen LogP) is 1.30. The average Bonchev–Trinajstić information content (AvgIpc) is 2.25. The minimum absolute atomic E-state index is 0.0145. The maximum absolute atomic E-state index is 9.88. The lowest BCUT2D eigenvalue weighted by Gasteiger charge is -2.25. The molecule has 2 N–H and O–H groups in total. The van der Waals surface area contributed by atoms with Crippen LogP contribution in [0.4, 0.5) is 11.9 Å². The van der Waals surface area contributed by atoms with Crippen LogP contribution in [0.5, 0.6) is 6.01 Å². The number of hydrogen-bond acceptors (Lipinski definition) is 7. The smallest absolute Gasteiger partial charge is 0.323 e. The standard InChI is InChI=1S/C13H25N5O2/c1-7-14-10-15-11(18(6)8-13(4,5)19)17-12(16-10)20-9(2)3/h9,19H,7-8H2,1-6H3,(H,14,15,16,17). The Hall–Kier alpha value is -1.63. The van der Waals surface area contributed by atoms with Gasteiger partial charge >= 0.3 is 6.01 Å². The van der Waals surface area contributed by atoms with Crippen molar-refractivity contribution in [3.63, 3.8) is 0 Å². The van der Waals surface area contributed by atoms with Gasteiger partial charge in [-0.25, -0.2) is 0 Å². The van der Waals surface area contributed by atoms with Crippen LogP contribution >= 0.6 is 0 Å². The maximum atomic E-state index is 9.88. The Morgan fingerprint density at radius 1 is 1.30 bits per heavy atom. The van der Waals surface area contributed by atoms with E-state index in [9.17, 15) is 5.11 Å². The van der Waals surface area contributed by atoms with Crippen LogP contribution in [-0.4, -0.2) is 51.9 Å². The molecule has 7 heteroatoms. The highest BCUT2D eigenvalue weighted by Gasteiger charge is 2.19. The van der Waals surface area contributed by atoms with Crippen molar-refractivity contribution in [1.82, 2.24) is 15.0 Å². The molecule has 0 unspecified atom stereocenters. The molecular formula is C13H25N5O2. The summed E-state index contributed by atoms with van der Waals surface area (Å²) in [4.78, 5) is 14.6. The molecular weight excluding hydrogens is 258 g/mol. The van der Waals surface area contributed by atoms with E-state index in [1.807, 2.05) is 27.8 Å². The highest BCUT2D eigenvalue weighted by Crippen LogP contribution is 2.16. The van der Waals surface area contributed by atoms with Crippen LogP contribution < -0.4 is 15.0 Å². The lowest BCUT2D eigenvalue weighted by atomic mass is 10.1. The molecule has 0 saturated heterocycles. The minimum atomic E-state index is -0.835. The molecule has 1 aromatic heterocycles. The van der Waals surface area contributed by atoms with Gasteiger partial charge in [0, 0.05) is 20.1 Å². The van der Waals surface area contributed by atoms with Crippen molar-refractivity contribution in [2.75, 3.05) is 30.4 Å². The second-order valence-corrected chi connectivity index (χ2v) is 5.61. The SMILES string of the molecule is CCNc1nc(OC(C)C)nc(N(C)CC(C)(C)O)n1. The number of nitrogens with one attached hydrogen (secondary N) is 1. The highest BCUT2D eigenvalue weighted by molar-refractivity contribution is 5.38. The molecule has 0 bridgehead atoms. The van der Waals surface area contributed by atoms with Crippen LogP contribution in [0.25, 0.3) is 0 Å². The summed E-state index contributed by atoms with van der Waals surface area (Å²) in [7, 11) is 1.82. The molecule has 0 fully saturated rings. The van der Waals surface area contributed by atoms with E-state index < -0.39 is 5.60 Å². The summed E-state index contributed by atoms with van der Waals surface area (Å²) in [5.41, 5.74) is -0.835. The fourth-order valence-corrected chi connectivity index (χ4v) is 1.67. The number of nitrogens with zero attached hydrogens (tertiary/aromatic N) is 4. The molecule has 0 amide bonds. The van der Waals surface area contributed by atoms with Gasteiger partial charge in [0.1, 0.15) is 0 Å². The molecule has 20 heavy (non-hydrogen) atoms. The Balaban J connectivity index is 3.01. The van der Waals surface area contributed by atoms with E-state index in [1.54, 1.807) is 18.7 Å². The van der Waals surface area contributed by atoms with Crippen LogP contribution in [0.2, 0.25) is 0 Å². The molecule has 0 spiro atoms. The number of hydrogen-bond donors (Lipinski definition) is 2. The van der Waals surface area contributed by atoms with E-state index in [0.717, 1.165) is 0 Å². The first kappa shape index (κ1) is 16.4. The third-order valence-corrected chi connectivity index (χ3v) is 2.24. The molecule has 0 aliphatic rings. The van der Waals surface area contributed by atoms with E-state index in [-0.39, 0.29) is 12.1 Å². The molecule has 0 aliphatic heterocycles. The quantitative estimate of drug-likeness (QED) is 0.780. The summed E-state index contributed by atoms with van der Waals surface area (Å²) in [5.74, 6) is 0.935. The first-order valence-corrected chi connectivity index (χ1v) is 6.81. The van der Waals surface area contributed by atoms with Crippen LogP contribution in [0.1, 0.15) is 34.6 Å². The van der Waals surface area contributed by atoms with Crippen molar-refractivity contribution < 1.29 is 9.84 Å². The van der Waals surface area contributed by atoms with Gasteiger partial charge in [-0.05, 0) is 34.6 Å². The van der Waals surface area contributed by atoms with Gasteiger partial charge in [0.05, 0.1) is 11.7 Å². The third-order valence-electron chi connectivity index (χ3n) is 2.24. The van der Waals surface area contributed by atoms with Gasteiger partial charge in [-0.1, -0.05) is 0 Å². The molecule has 1 aromatic rings. The van der Waals surface area contributed by atoms with Crippen molar-refractivity contribution in [1.29, 1.82) is 0 Å². The van der Waals surface area contributed by atoms with Crippen molar-refractivity contribution >= 4 is 11.9 Å². The minimum Gasteiger partial charge on any atom is -0.461 e. The van der Waals surface area contributed by atoms with Gasteiger partial charge in [-0.3, -0.25) is 0 Å². The monoisotopic (exact) mass is 283 g/mol. The Labute approximate surface area is 120 Å². The number of aromatic nitrogens is 3. The summed E-state index contributed by atoms with van der Waals surface area (Å²) < 4.78 is 5.53. The van der Waals surface area contributed by atoms with E-state index >= 15 is 0 Å². The molecule has 1 heterocycles. The highest BCUT2D eigenvalue weighted by atomic mass is 16.5. The first-order valence-electron chi connectivity index (χ1n) is 6.81. The van der Waals surface area contributed by atoms with Gasteiger partial charge < -0.3 is 20.1 Å². The van der Waals surface area contributed by atoms with Gasteiger partial charge in [0.15, 0.2) is 0 Å². The summed E-state index contributed by atoms with van der Waals surface area (Å²) in [6, 6.07) is 0.281. The summed E-state index contributed by atoms with van der Waals surface area (Å²) in [6.07, 6.45) is -0.0145. The Morgan fingerprint density at radius 2 is 1.95 bits per heavy atom. The van der Waals surface area contributed by atoms with E-state index in [0.29, 0.717) is 25.0 Å². The number of anilines is 2. The number of rotatable bonds is 7. The molecule has 7 nitrogen and oxygen atoms in total. The van der Waals surface area contributed by atoms with Crippen LogP contribution in [0.3, 0.4) is 0 Å². The fraction of sp³-hybridized carbons (Fsp3) is 0.769. The second-order valence-electron chi connectivity index (χ2n) is 5.61. The molecule has 0 radical (unpaired) electrons. The Kier molecular flexibility index (Phi) is 5.50. The zero-order valence-electron chi connectivity index (χ0n) is 13.1. The van der Waals surface area contributed by atoms with Gasteiger partial charge in [-0.2, -0.15) is 15.0 Å². The molecule has 114 valence electrons. The largest absolute Gasteiger partial charge is 0.461 e. The van der Waals surface area contributed by atoms with E-state index in [2.05, 4.69) is 20.3 Å². The Morgan fingerprint density at radius 3 is 2.45 bits per heavy atom. The Bertz CT molecular complexity index is 431. The number of ether oxygens (including phenoxy) is 1. The van der Waals surface area contributed by atoms with E-state index in [4.69, 9.17) is 4.74 Å². The molecule has 0 aromatic carbocycles. The lowest BCUT2D eigenvalue weighted by Crippen LogP contribution is -2.37. The molecule has 0 saturated carbocycles. The third kappa shape index (κ3) is 5.56. The number of aliphatic hydroxyl groups is 1. The topological polar surface area (TPSA) is 83.4 Å². The zero-order valence-corrected chi connectivity index (χ0v) is 13.1. The van der Waals surface area contributed by atoms with Crippen molar-refractivity contribution in [3.8, 4) is 6.01 Å². The van der Waals surface area contributed by atoms with E-state index in [1.165, 1.54) is 0 Å². The lowest BCUT2D eigenvalue weighted by molar-refractivity contribution is 0.0882. The van der Waals surface area contributed by atoms with Crippen LogP contribution in [0, 0.1) is 0 Å². The van der Waals surface area contributed by atoms with Crippen molar-refractivity contribution in [2.45, 2.75) is 46.3 Å². The summed E-state index contributed by atoms with van der Waals surface area (Å²) >= 11 is 0. The fourth-order valence-electron chi connectivity index (χ4n) is 1.67. The molecule has 0 atom stereocenters. The zero-order chi connectivity index (χ0) is 15.3. The van der Waals surface area contributed by atoms with Crippen LogP contribution in [0.15, 0.2) is 0 Å². The number of likely N-dealkylation sites (N-methyl/N-ethyl adjacent to an activating group) is 1.